The van der Waals surface area contributed by atoms with E-state index < -0.39 is 23.1 Å². The summed E-state index contributed by atoms with van der Waals surface area (Å²) in [6.07, 6.45) is -0.159. The highest BCUT2D eigenvalue weighted by Crippen LogP contribution is 2.40. The molecule has 0 radical (unpaired) electrons. The van der Waals surface area contributed by atoms with Crippen LogP contribution in [-0.4, -0.2) is 32.4 Å². The van der Waals surface area contributed by atoms with E-state index in [-0.39, 0.29) is 17.6 Å². The third kappa shape index (κ3) is 3.51. The van der Waals surface area contributed by atoms with Crippen molar-refractivity contribution in [2.75, 3.05) is 21.3 Å². The molecule has 0 aliphatic heterocycles. The van der Waals surface area contributed by atoms with E-state index in [2.05, 4.69) is 0 Å². The molecule has 0 aliphatic rings. The van der Waals surface area contributed by atoms with Gasteiger partial charge in [-0.3, -0.25) is 9.59 Å². The number of para-hydroxylation sites is 1. The molecule has 0 amide bonds. The van der Waals surface area contributed by atoms with Crippen molar-refractivity contribution >= 4 is 16.9 Å². The van der Waals surface area contributed by atoms with Crippen LogP contribution in [0.15, 0.2) is 51.7 Å². The Morgan fingerprint density at radius 2 is 1.86 bits per heavy atom. The van der Waals surface area contributed by atoms with Crippen LogP contribution in [0.4, 0.5) is 0 Å². The van der Waals surface area contributed by atoms with Crippen LogP contribution < -0.4 is 14.9 Å². The number of benzene rings is 2. The lowest BCUT2D eigenvalue weighted by atomic mass is 9.91. The summed E-state index contributed by atoms with van der Waals surface area (Å²) in [7, 11) is 4.26. The largest absolute Gasteiger partial charge is 0.502 e. The van der Waals surface area contributed by atoms with Crippen LogP contribution in [0.5, 0.6) is 17.2 Å². The summed E-state index contributed by atoms with van der Waals surface area (Å²) in [6, 6.07) is 11.6. The smallest absolute Gasteiger partial charge is 0.306 e. The van der Waals surface area contributed by atoms with Gasteiger partial charge in [0.05, 0.1) is 39.1 Å². The van der Waals surface area contributed by atoms with Gasteiger partial charge in [-0.15, -0.1) is 0 Å². The molecule has 7 nitrogen and oxygen atoms in total. The highest BCUT2D eigenvalue weighted by molar-refractivity contribution is 5.78. The molecule has 0 fully saturated rings. The molecular weight excluding hydrogens is 364 g/mol. The van der Waals surface area contributed by atoms with E-state index in [9.17, 15) is 14.7 Å². The van der Waals surface area contributed by atoms with Gasteiger partial charge in [0.1, 0.15) is 17.1 Å². The van der Waals surface area contributed by atoms with Gasteiger partial charge in [0.2, 0.25) is 11.2 Å². The summed E-state index contributed by atoms with van der Waals surface area (Å²) in [6.45, 7) is 0. The molecule has 0 saturated carbocycles. The molecule has 0 saturated heterocycles. The van der Waals surface area contributed by atoms with Crippen molar-refractivity contribution in [3.05, 3.63) is 64.0 Å². The van der Waals surface area contributed by atoms with Crippen molar-refractivity contribution in [1.82, 2.24) is 0 Å². The summed E-state index contributed by atoms with van der Waals surface area (Å²) in [4.78, 5) is 24.7. The Balaban J connectivity index is 2.25. The Bertz CT molecular complexity index is 1070. The third-order valence-electron chi connectivity index (χ3n) is 4.53. The topological polar surface area (TPSA) is 95.2 Å². The molecule has 0 aliphatic carbocycles. The van der Waals surface area contributed by atoms with Crippen LogP contribution in [0, 0.1) is 0 Å². The zero-order valence-corrected chi connectivity index (χ0v) is 15.7. The van der Waals surface area contributed by atoms with Gasteiger partial charge in [0.25, 0.3) is 0 Å². The first kappa shape index (κ1) is 19.3. The molecule has 0 bridgehead atoms. The van der Waals surface area contributed by atoms with Crippen molar-refractivity contribution in [1.29, 1.82) is 0 Å². The third-order valence-corrected chi connectivity index (χ3v) is 4.53. The molecule has 1 N–H and O–H groups in total. The molecule has 2 aromatic carbocycles. The van der Waals surface area contributed by atoms with Gasteiger partial charge < -0.3 is 23.7 Å². The van der Waals surface area contributed by atoms with Gasteiger partial charge in [-0.2, -0.15) is 0 Å². The molecule has 3 rings (SSSR count). The Morgan fingerprint density at radius 1 is 1.11 bits per heavy atom. The Morgan fingerprint density at radius 3 is 2.54 bits per heavy atom. The van der Waals surface area contributed by atoms with Crippen molar-refractivity contribution in [3.63, 3.8) is 0 Å². The van der Waals surface area contributed by atoms with Crippen LogP contribution in [0.2, 0.25) is 0 Å². The number of methoxy groups -OCH3 is 3. The number of aromatic hydroxyl groups is 1. The number of carbonyl (C=O) groups excluding carboxylic acids is 1. The number of fused-ring (bicyclic) bond motifs is 1. The molecule has 146 valence electrons. The van der Waals surface area contributed by atoms with E-state index in [0.717, 1.165) is 0 Å². The molecular formula is C21H20O7. The number of hydrogen-bond acceptors (Lipinski definition) is 7. The number of esters is 1. The van der Waals surface area contributed by atoms with Gasteiger partial charge >= 0.3 is 5.97 Å². The summed E-state index contributed by atoms with van der Waals surface area (Å²) >= 11 is 0. The van der Waals surface area contributed by atoms with Crippen molar-refractivity contribution < 1.29 is 28.5 Å². The molecule has 1 heterocycles. The molecule has 7 heteroatoms. The average molecular weight is 384 g/mol. The van der Waals surface area contributed by atoms with Crippen LogP contribution in [-0.2, 0) is 9.53 Å². The standard InChI is InChI=1S/C21H20O7/c1-25-12-8-9-13(17(10-12)26-2)15(11-18(22)27-3)21-20(24)19(23)14-6-4-5-7-16(14)28-21/h4-10,15,24H,11H2,1-3H3/t15-/m0/s1. The van der Waals surface area contributed by atoms with E-state index in [1.807, 2.05) is 0 Å². The van der Waals surface area contributed by atoms with Gasteiger partial charge in [0.15, 0.2) is 5.76 Å². The average Bonchev–Trinajstić information content (AvgIpc) is 2.74. The molecule has 1 atom stereocenters. The normalized spacial score (nSPS) is 11.8. The monoisotopic (exact) mass is 384 g/mol. The van der Waals surface area contributed by atoms with Crippen LogP contribution in [0.1, 0.15) is 23.7 Å². The van der Waals surface area contributed by atoms with E-state index in [4.69, 9.17) is 18.6 Å². The van der Waals surface area contributed by atoms with Crippen molar-refractivity contribution in [2.24, 2.45) is 0 Å². The SMILES string of the molecule is COC(=O)C[C@@H](c1ccc(OC)cc1OC)c1oc2ccccc2c(=O)c1O. The van der Waals surface area contributed by atoms with Gasteiger partial charge in [-0.05, 0) is 18.2 Å². The summed E-state index contributed by atoms with van der Waals surface area (Å²) in [5.74, 6) is -0.934. The molecule has 0 spiro atoms. The van der Waals surface area contributed by atoms with Gasteiger partial charge in [-0.25, -0.2) is 0 Å². The zero-order valence-electron chi connectivity index (χ0n) is 15.7. The maximum absolute atomic E-state index is 12.6. The molecule has 1 aromatic heterocycles. The minimum absolute atomic E-state index is 0.0300. The van der Waals surface area contributed by atoms with Crippen LogP contribution in [0.25, 0.3) is 11.0 Å². The first-order chi connectivity index (χ1) is 13.5. The highest BCUT2D eigenvalue weighted by atomic mass is 16.5. The quantitative estimate of drug-likeness (QED) is 0.652. The van der Waals surface area contributed by atoms with E-state index in [1.165, 1.54) is 21.3 Å². The highest BCUT2D eigenvalue weighted by Gasteiger charge is 2.29. The van der Waals surface area contributed by atoms with Crippen molar-refractivity contribution in [3.8, 4) is 17.2 Å². The maximum atomic E-state index is 12.6. The summed E-state index contributed by atoms with van der Waals surface area (Å²) < 4.78 is 21.3. The van der Waals surface area contributed by atoms with Gasteiger partial charge in [0, 0.05) is 11.6 Å². The summed E-state index contributed by atoms with van der Waals surface area (Å²) in [5, 5.41) is 10.8. The molecule has 28 heavy (non-hydrogen) atoms. The second-order valence-corrected chi connectivity index (χ2v) is 6.08. The second kappa shape index (κ2) is 8.04. The predicted molar refractivity (Wildman–Crippen MR) is 102 cm³/mol. The summed E-state index contributed by atoms with van der Waals surface area (Å²) in [5.41, 5.74) is 0.282. The minimum atomic E-state index is -0.800. The van der Waals surface area contributed by atoms with Crippen LogP contribution in [0.3, 0.4) is 0 Å². The molecule has 0 unspecified atom stereocenters. The van der Waals surface area contributed by atoms with E-state index in [0.29, 0.717) is 22.6 Å². The fourth-order valence-corrected chi connectivity index (χ4v) is 3.09. The second-order valence-electron chi connectivity index (χ2n) is 6.08. The Hall–Kier alpha value is -3.48. The maximum Gasteiger partial charge on any atom is 0.306 e. The number of rotatable bonds is 6. The molecule has 3 aromatic rings. The minimum Gasteiger partial charge on any atom is -0.502 e. The lowest BCUT2D eigenvalue weighted by molar-refractivity contribution is -0.140. The van der Waals surface area contributed by atoms with E-state index in [1.54, 1.807) is 42.5 Å². The fraction of sp³-hybridized carbons (Fsp3) is 0.238. The zero-order chi connectivity index (χ0) is 20.3. The Kier molecular flexibility index (Phi) is 5.54. The number of ether oxygens (including phenoxy) is 3. The lowest BCUT2D eigenvalue weighted by Crippen LogP contribution is -2.14. The first-order valence-corrected chi connectivity index (χ1v) is 8.53. The number of carbonyl (C=O) groups is 1. The predicted octanol–water partition coefficient (Wildman–Crippen LogP) is 3.21. The Labute approximate surface area is 161 Å². The van der Waals surface area contributed by atoms with Crippen LogP contribution >= 0.6 is 0 Å². The van der Waals surface area contributed by atoms with Crippen molar-refractivity contribution in [2.45, 2.75) is 12.3 Å². The van der Waals surface area contributed by atoms with E-state index >= 15 is 0 Å². The first-order valence-electron chi connectivity index (χ1n) is 8.53. The number of hydrogen-bond donors (Lipinski definition) is 1. The lowest BCUT2D eigenvalue weighted by Gasteiger charge is -2.20. The van der Waals surface area contributed by atoms with Gasteiger partial charge in [-0.1, -0.05) is 18.2 Å². The fourth-order valence-electron chi connectivity index (χ4n) is 3.09.